The monoisotopic (exact) mass is 347 g/mol. The summed E-state index contributed by atoms with van der Waals surface area (Å²) in [5.74, 6) is -0.405. The molecule has 2 aliphatic rings. The molecule has 0 saturated carbocycles. The van der Waals surface area contributed by atoms with Crippen LogP contribution in [0.5, 0.6) is 0 Å². The lowest BCUT2D eigenvalue weighted by molar-refractivity contribution is -0.271. The van der Waals surface area contributed by atoms with Gasteiger partial charge in [0.25, 0.3) is 5.91 Å². The fourth-order valence-corrected chi connectivity index (χ4v) is 3.36. The normalized spacial score (nSPS) is 27.0. The maximum absolute atomic E-state index is 12.9. The predicted molar refractivity (Wildman–Crippen MR) is 77.4 cm³/mol. The van der Waals surface area contributed by atoms with E-state index in [0.29, 0.717) is 6.42 Å². The maximum atomic E-state index is 12.9. The van der Waals surface area contributed by atoms with Crippen molar-refractivity contribution in [3.63, 3.8) is 0 Å². The van der Waals surface area contributed by atoms with Crippen molar-refractivity contribution in [2.45, 2.75) is 57.1 Å². The van der Waals surface area contributed by atoms with Crippen LogP contribution in [0.1, 0.15) is 54.5 Å². The Morgan fingerprint density at radius 3 is 2.58 bits per heavy atom. The van der Waals surface area contributed by atoms with Gasteiger partial charge in [-0.2, -0.15) is 18.3 Å². The molecule has 3 heterocycles. The topological polar surface area (TPSA) is 78.5 Å². The fourth-order valence-electron chi connectivity index (χ4n) is 3.36. The van der Waals surface area contributed by atoms with Crippen LogP contribution in [0.4, 0.5) is 13.2 Å². The first-order chi connectivity index (χ1) is 11.1. The van der Waals surface area contributed by atoms with Crippen LogP contribution in [0.2, 0.25) is 0 Å². The van der Waals surface area contributed by atoms with Crippen LogP contribution in [0.15, 0.2) is 0 Å². The molecule has 0 unspecified atom stereocenters. The van der Waals surface area contributed by atoms with Gasteiger partial charge in [0, 0.05) is 37.9 Å². The van der Waals surface area contributed by atoms with E-state index in [9.17, 15) is 23.1 Å². The Morgan fingerprint density at radius 1 is 1.38 bits per heavy atom. The number of aromatic nitrogens is 2. The summed E-state index contributed by atoms with van der Waals surface area (Å²) in [5, 5.41) is 16.6. The van der Waals surface area contributed by atoms with Crippen LogP contribution in [-0.2, 0) is 11.2 Å². The third kappa shape index (κ3) is 2.79. The first kappa shape index (κ1) is 17.2. The largest absolute Gasteiger partial charge is 0.417 e. The molecular weight excluding hydrogens is 327 g/mol. The van der Waals surface area contributed by atoms with Crippen LogP contribution in [0, 0.1) is 0 Å². The van der Waals surface area contributed by atoms with Crippen molar-refractivity contribution in [2.75, 3.05) is 13.1 Å². The summed E-state index contributed by atoms with van der Waals surface area (Å²) in [6.45, 7) is 3.44. The molecule has 3 rings (SSSR count). The molecule has 2 aliphatic heterocycles. The fraction of sp³-hybridized carbons (Fsp3) is 0.733. The highest BCUT2D eigenvalue weighted by atomic mass is 19.4. The summed E-state index contributed by atoms with van der Waals surface area (Å²) >= 11 is 0. The average Bonchev–Trinajstić information content (AvgIpc) is 2.90. The number of nitrogens with one attached hydrogen (secondary N) is 1. The van der Waals surface area contributed by atoms with E-state index in [1.165, 1.54) is 4.90 Å². The van der Waals surface area contributed by atoms with Crippen molar-refractivity contribution in [1.29, 1.82) is 0 Å². The molecule has 6 nitrogen and oxygen atoms in total. The number of rotatable bonds is 1. The number of carbonyl (C=O) groups is 1. The second kappa shape index (κ2) is 5.73. The lowest BCUT2D eigenvalue weighted by Gasteiger charge is -2.39. The van der Waals surface area contributed by atoms with Crippen molar-refractivity contribution in [1.82, 2.24) is 15.1 Å². The lowest BCUT2D eigenvalue weighted by Crippen LogP contribution is -2.54. The molecular formula is C15H20F3N3O3. The van der Waals surface area contributed by atoms with Crippen molar-refractivity contribution in [2.24, 2.45) is 0 Å². The Bertz CT molecular complexity index is 636. The van der Waals surface area contributed by atoms with Gasteiger partial charge < -0.3 is 14.7 Å². The number of alkyl halides is 3. The minimum Gasteiger partial charge on any atom is -0.380 e. The highest BCUT2D eigenvalue weighted by molar-refractivity contribution is 5.94. The molecule has 9 heteroatoms. The van der Waals surface area contributed by atoms with E-state index in [4.69, 9.17) is 4.74 Å². The lowest BCUT2D eigenvalue weighted by atomic mass is 9.90. The number of aromatic amines is 1. The second-order valence-corrected chi connectivity index (χ2v) is 6.58. The highest BCUT2D eigenvalue weighted by Crippen LogP contribution is 2.39. The Hall–Kier alpha value is -1.61. The predicted octanol–water partition coefficient (Wildman–Crippen LogP) is 1.96. The minimum atomic E-state index is -4.68. The van der Waals surface area contributed by atoms with Crippen LogP contribution in [-0.4, -0.2) is 57.1 Å². The summed E-state index contributed by atoms with van der Waals surface area (Å²) in [6.07, 6.45) is -5.48. The molecule has 0 spiro atoms. The van der Waals surface area contributed by atoms with Gasteiger partial charge in [-0.15, -0.1) is 0 Å². The molecule has 1 saturated heterocycles. The molecule has 1 fully saturated rings. The van der Waals surface area contributed by atoms with Gasteiger partial charge in [0.2, 0.25) is 0 Å². The first-order valence-corrected chi connectivity index (χ1v) is 7.93. The second-order valence-electron chi connectivity index (χ2n) is 6.58. The van der Waals surface area contributed by atoms with Crippen LogP contribution >= 0.6 is 0 Å². The van der Waals surface area contributed by atoms with Gasteiger partial charge in [-0.3, -0.25) is 9.89 Å². The summed E-state index contributed by atoms with van der Waals surface area (Å²) in [6, 6.07) is 0. The standard InChI is InChI=1S/C15H20F3N3O3/c1-8-7-10-11(9(2)24-8)19-20-12(10)13(22)21-5-3-14(23,4-6-21)15(16,17)18/h8-9,23H,3-7H2,1-2H3,(H,19,20)/t8-,9+/m1/s1. The van der Waals surface area contributed by atoms with E-state index in [1.54, 1.807) is 0 Å². The number of likely N-dealkylation sites (tertiary alicyclic amines) is 1. The van der Waals surface area contributed by atoms with E-state index < -0.39 is 30.5 Å². The number of ether oxygens (including phenoxy) is 1. The molecule has 1 aromatic rings. The molecule has 0 aliphatic carbocycles. The molecule has 0 bridgehead atoms. The van der Waals surface area contributed by atoms with Crippen molar-refractivity contribution in [3.8, 4) is 0 Å². The molecule has 24 heavy (non-hydrogen) atoms. The Kier molecular flexibility index (Phi) is 4.11. The van der Waals surface area contributed by atoms with Gasteiger partial charge in [0.15, 0.2) is 11.3 Å². The van der Waals surface area contributed by atoms with Crippen LogP contribution in [0.3, 0.4) is 0 Å². The Labute approximate surface area is 137 Å². The smallest absolute Gasteiger partial charge is 0.380 e. The summed E-state index contributed by atoms with van der Waals surface area (Å²) < 4.78 is 44.2. The zero-order valence-electron chi connectivity index (χ0n) is 13.5. The molecule has 2 N–H and O–H groups in total. The third-order valence-electron chi connectivity index (χ3n) is 4.84. The highest BCUT2D eigenvalue weighted by Gasteiger charge is 2.55. The number of halogens is 3. The Balaban J connectivity index is 1.76. The van der Waals surface area contributed by atoms with Crippen molar-refractivity contribution < 1.29 is 27.8 Å². The van der Waals surface area contributed by atoms with Crippen molar-refractivity contribution in [3.05, 3.63) is 17.0 Å². The summed E-state index contributed by atoms with van der Waals surface area (Å²) in [5.41, 5.74) is -0.973. The third-order valence-corrected chi connectivity index (χ3v) is 4.84. The minimum absolute atomic E-state index is 0.0617. The number of fused-ring (bicyclic) bond motifs is 1. The molecule has 1 amide bonds. The molecule has 0 radical (unpaired) electrons. The van der Waals surface area contributed by atoms with Crippen LogP contribution in [0.25, 0.3) is 0 Å². The zero-order chi connectivity index (χ0) is 17.7. The van der Waals surface area contributed by atoms with E-state index in [2.05, 4.69) is 10.2 Å². The van der Waals surface area contributed by atoms with Gasteiger partial charge in [-0.05, 0) is 13.8 Å². The van der Waals surface area contributed by atoms with E-state index in [-0.39, 0.29) is 31.0 Å². The number of piperidine rings is 1. The summed E-state index contributed by atoms with van der Waals surface area (Å²) in [7, 11) is 0. The Morgan fingerprint density at radius 2 is 2.00 bits per heavy atom. The number of nitrogens with zero attached hydrogens (tertiary/aromatic N) is 2. The number of carbonyl (C=O) groups excluding carboxylic acids is 1. The number of H-pyrrole nitrogens is 1. The molecule has 0 aromatic carbocycles. The van der Waals surface area contributed by atoms with Gasteiger partial charge >= 0.3 is 6.18 Å². The first-order valence-electron chi connectivity index (χ1n) is 7.93. The van der Waals surface area contributed by atoms with Crippen LogP contribution < -0.4 is 0 Å². The number of hydrogen-bond acceptors (Lipinski definition) is 4. The van der Waals surface area contributed by atoms with Gasteiger partial charge in [-0.1, -0.05) is 0 Å². The molecule has 134 valence electrons. The van der Waals surface area contributed by atoms with Gasteiger partial charge in [0.05, 0.1) is 17.9 Å². The van der Waals surface area contributed by atoms with Gasteiger partial charge in [-0.25, -0.2) is 0 Å². The van der Waals surface area contributed by atoms with Gasteiger partial charge in [0.1, 0.15) is 0 Å². The van der Waals surface area contributed by atoms with Crippen molar-refractivity contribution >= 4 is 5.91 Å². The average molecular weight is 347 g/mol. The maximum Gasteiger partial charge on any atom is 0.417 e. The van der Waals surface area contributed by atoms with E-state index >= 15 is 0 Å². The molecule has 2 atom stereocenters. The summed E-state index contributed by atoms with van der Waals surface area (Å²) in [4.78, 5) is 14.0. The molecule has 1 aromatic heterocycles. The van der Waals surface area contributed by atoms with E-state index in [1.807, 2.05) is 13.8 Å². The zero-order valence-corrected chi connectivity index (χ0v) is 13.5. The SMILES string of the molecule is C[C@@H]1Cc2c(C(=O)N3CCC(O)(C(F)(F)F)CC3)n[nH]c2[C@H](C)O1. The number of hydrogen-bond donors (Lipinski definition) is 2. The quantitative estimate of drug-likeness (QED) is 0.814. The van der Waals surface area contributed by atoms with E-state index in [0.717, 1.165) is 11.3 Å². The number of aliphatic hydroxyl groups is 1. The number of amides is 1.